The van der Waals surface area contributed by atoms with E-state index < -0.39 is 0 Å². The minimum atomic E-state index is 0.292. The predicted molar refractivity (Wildman–Crippen MR) is 58.2 cm³/mol. The third-order valence-electron chi connectivity index (χ3n) is 2.24. The molecule has 14 heavy (non-hydrogen) atoms. The van der Waals surface area contributed by atoms with Gasteiger partial charge in [-0.25, -0.2) is 0 Å². The van der Waals surface area contributed by atoms with Gasteiger partial charge < -0.3 is 14.6 Å². The minimum Gasteiger partial charge on any atom is -0.377 e. The third-order valence-corrected chi connectivity index (χ3v) is 2.24. The van der Waals surface area contributed by atoms with Crippen molar-refractivity contribution in [3.8, 4) is 0 Å². The van der Waals surface area contributed by atoms with Gasteiger partial charge in [0.05, 0.1) is 6.10 Å². The fraction of sp³-hybridized carbons (Fsp3) is 0.636. The molecule has 0 aliphatic heterocycles. The fourth-order valence-electron chi connectivity index (χ4n) is 1.43. The second-order valence-corrected chi connectivity index (χ2v) is 3.51. The van der Waals surface area contributed by atoms with Crippen molar-refractivity contribution in [1.29, 1.82) is 0 Å². The summed E-state index contributed by atoms with van der Waals surface area (Å²) in [6.45, 7) is 6.70. The van der Waals surface area contributed by atoms with Gasteiger partial charge in [-0.15, -0.1) is 0 Å². The smallest absolute Gasteiger partial charge is 0.0671 e. The molecular weight excluding hydrogens is 176 g/mol. The number of rotatable bonds is 6. The first-order chi connectivity index (χ1) is 6.74. The molecule has 1 heterocycles. The van der Waals surface area contributed by atoms with E-state index in [1.165, 1.54) is 5.69 Å². The van der Waals surface area contributed by atoms with Crippen LogP contribution in [0.4, 0.5) is 0 Å². The molecule has 80 valence electrons. The second-order valence-electron chi connectivity index (χ2n) is 3.51. The van der Waals surface area contributed by atoms with Crippen LogP contribution in [0, 0.1) is 0 Å². The molecule has 3 heteroatoms. The molecule has 0 spiro atoms. The minimum absolute atomic E-state index is 0.292. The van der Waals surface area contributed by atoms with Gasteiger partial charge in [-0.3, -0.25) is 0 Å². The summed E-state index contributed by atoms with van der Waals surface area (Å²) in [5.74, 6) is 0. The summed E-state index contributed by atoms with van der Waals surface area (Å²) < 4.78 is 7.55. The van der Waals surface area contributed by atoms with Crippen molar-refractivity contribution in [2.45, 2.75) is 26.5 Å². The maximum atomic E-state index is 5.42. The Bertz CT molecular complexity index is 258. The molecule has 0 radical (unpaired) electrons. The Morgan fingerprint density at radius 2 is 2.36 bits per heavy atom. The second kappa shape index (κ2) is 5.83. The third kappa shape index (κ3) is 3.52. The summed E-state index contributed by atoms with van der Waals surface area (Å²) in [4.78, 5) is 0. The van der Waals surface area contributed by atoms with Crippen LogP contribution in [0.5, 0.6) is 0 Å². The van der Waals surface area contributed by atoms with Crippen molar-refractivity contribution in [2.24, 2.45) is 7.05 Å². The van der Waals surface area contributed by atoms with Crippen LogP contribution in [0.15, 0.2) is 18.3 Å². The van der Waals surface area contributed by atoms with Gasteiger partial charge in [0.1, 0.15) is 0 Å². The first kappa shape index (κ1) is 11.3. The lowest BCUT2D eigenvalue weighted by atomic mass is 10.3. The molecule has 1 aromatic heterocycles. The average molecular weight is 196 g/mol. The van der Waals surface area contributed by atoms with Crippen LogP contribution >= 0.6 is 0 Å². The zero-order chi connectivity index (χ0) is 10.4. The molecule has 1 unspecified atom stereocenters. The molecule has 0 saturated heterocycles. The number of aryl methyl sites for hydroxylation is 1. The fourth-order valence-corrected chi connectivity index (χ4v) is 1.43. The Morgan fingerprint density at radius 3 is 2.93 bits per heavy atom. The Labute approximate surface area is 86.1 Å². The van der Waals surface area contributed by atoms with Gasteiger partial charge in [0, 0.05) is 38.6 Å². The lowest BCUT2D eigenvalue weighted by Gasteiger charge is -2.12. The SMILES string of the molecule is CCOC(C)CNCc1cccn1C. The number of nitrogens with one attached hydrogen (secondary N) is 1. The van der Waals surface area contributed by atoms with E-state index in [9.17, 15) is 0 Å². The zero-order valence-corrected chi connectivity index (χ0v) is 9.29. The van der Waals surface area contributed by atoms with Crippen LogP contribution in [0.3, 0.4) is 0 Å². The summed E-state index contributed by atoms with van der Waals surface area (Å²) >= 11 is 0. The summed E-state index contributed by atoms with van der Waals surface area (Å²) in [5, 5.41) is 3.37. The van der Waals surface area contributed by atoms with Gasteiger partial charge in [-0.2, -0.15) is 0 Å². The molecule has 1 atom stereocenters. The first-order valence-electron chi connectivity index (χ1n) is 5.16. The number of hydrogen-bond acceptors (Lipinski definition) is 2. The Balaban J connectivity index is 2.19. The topological polar surface area (TPSA) is 26.2 Å². The van der Waals surface area contributed by atoms with Crippen molar-refractivity contribution < 1.29 is 4.74 Å². The summed E-state index contributed by atoms with van der Waals surface area (Å²) in [6.07, 6.45) is 2.35. The van der Waals surface area contributed by atoms with Crippen LogP contribution < -0.4 is 5.32 Å². The lowest BCUT2D eigenvalue weighted by Crippen LogP contribution is -2.27. The van der Waals surface area contributed by atoms with Crippen LogP contribution in [0.2, 0.25) is 0 Å². The molecule has 0 amide bonds. The first-order valence-corrected chi connectivity index (χ1v) is 5.16. The number of nitrogens with zero attached hydrogens (tertiary/aromatic N) is 1. The highest BCUT2D eigenvalue weighted by Gasteiger charge is 2.00. The summed E-state index contributed by atoms with van der Waals surface area (Å²) in [5.41, 5.74) is 1.30. The molecule has 0 aliphatic rings. The van der Waals surface area contributed by atoms with Crippen LogP contribution in [-0.2, 0) is 18.3 Å². The zero-order valence-electron chi connectivity index (χ0n) is 9.29. The molecule has 0 saturated carbocycles. The molecule has 0 bridgehead atoms. The Morgan fingerprint density at radius 1 is 1.57 bits per heavy atom. The highest BCUT2D eigenvalue weighted by molar-refractivity contribution is 5.05. The Hall–Kier alpha value is -0.800. The lowest BCUT2D eigenvalue weighted by molar-refractivity contribution is 0.0758. The van der Waals surface area contributed by atoms with E-state index in [4.69, 9.17) is 4.74 Å². The molecule has 0 aromatic carbocycles. The van der Waals surface area contributed by atoms with E-state index in [-0.39, 0.29) is 0 Å². The summed E-state index contributed by atoms with van der Waals surface area (Å²) in [7, 11) is 2.06. The molecular formula is C11H20N2O. The van der Waals surface area contributed by atoms with Gasteiger partial charge in [-0.1, -0.05) is 0 Å². The standard InChI is InChI=1S/C11H20N2O/c1-4-14-10(2)8-12-9-11-6-5-7-13(11)3/h5-7,10,12H,4,8-9H2,1-3H3. The monoisotopic (exact) mass is 196 g/mol. The van der Waals surface area contributed by atoms with E-state index in [0.29, 0.717) is 6.10 Å². The van der Waals surface area contributed by atoms with E-state index >= 15 is 0 Å². The van der Waals surface area contributed by atoms with Crippen molar-refractivity contribution in [1.82, 2.24) is 9.88 Å². The molecule has 1 rings (SSSR count). The molecule has 0 fully saturated rings. The van der Waals surface area contributed by atoms with Gasteiger partial charge in [0.15, 0.2) is 0 Å². The maximum absolute atomic E-state index is 5.42. The van der Waals surface area contributed by atoms with E-state index in [1.54, 1.807) is 0 Å². The Kier molecular flexibility index (Phi) is 4.70. The number of hydrogen-bond donors (Lipinski definition) is 1. The van der Waals surface area contributed by atoms with Crippen molar-refractivity contribution in [3.05, 3.63) is 24.0 Å². The normalized spacial score (nSPS) is 13.1. The van der Waals surface area contributed by atoms with Crippen LogP contribution in [0.1, 0.15) is 19.5 Å². The van der Waals surface area contributed by atoms with Crippen molar-refractivity contribution in [3.63, 3.8) is 0 Å². The number of aromatic nitrogens is 1. The largest absolute Gasteiger partial charge is 0.377 e. The van der Waals surface area contributed by atoms with E-state index in [2.05, 4.69) is 42.2 Å². The molecule has 1 N–H and O–H groups in total. The van der Waals surface area contributed by atoms with E-state index in [0.717, 1.165) is 19.7 Å². The van der Waals surface area contributed by atoms with Crippen molar-refractivity contribution in [2.75, 3.05) is 13.2 Å². The van der Waals surface area contributed by atoms with Gasteiger partial charge in [-0.05, 0) is 26.0 Å². The van der Waals surface area contributed by atoms with Gasteiger partial charge in [0.2, 0.25) is 0 Å². The van der Waals surface area contributed by atoms with Crippen LogP contribution in [0.25, 0.3) is 0 Å². The van der Waals surface area contributed by atoms with Gasteiger partial charge in [0.25, 0.3) is 0 Å². The van der Waals surface area contributed by atoms with Gasteiger partial charge >= 0.3 is 0 Å². The van der Waals surface area contributed by atoms with Crippen LogP contribution in [-0.4, -0.2) is 23.8 Å². The summed E-state index contributed by atoms with van der Waals surface area (Å²) in [6, 6.07) is 4.18. The maximum Gasteiger partial charge on any atom is 0.0671 e. The molecule has 1 aromatic rings. The highest BCUT2D eigenvalue weighted by Crippen LogP contribution is 1.98. The quantitative estimate of drug-likeness (QED) is 0.747. The van der Waals surface area contributed by atoms with Crippen molar-refractivity contribution >= 4 is 0 Å². The molecule has 0 aliphatic carbocycles. The van der Waals surface area contributed by atoms with E-state index in [1.807, 2.05) is 6.92 Å². The molecule has 3 nitrogen and oxygen atoms in total. The highest BCUT2D eigenvalue weighted by atomic mass is 16.5. The average Bonchev–Trinajstić information content (AvgIpc) is 2.52. The number of ether oxygens (including phenoxy) is 1. The predicted octanol–water partition coefficient (Wildman–Crippen LogP) is 1.54.